The number of nitrogens with zero attached hydrogens (tertiary/aromatic N) is 1. The van der Waals surface area contributed by atoms with E-state index in [-0.39, 0.29) is 29.1 Å². The summed E-state index contributed by atoms with van der Waals surface area (Å²) in [5, 5.41) is 15.5. The zero-order valence-electron chi connectivity index (χ0n) is 21.7. The van der Waals surface area contributed by atoms with E-state index in [1.807, 2.05) is 37.4 Å². The van der Waals surface area contributed by atoms with Gasteiger partial charge in [-0.2, -0.15) is 0 Å². The molecule has 2 aromatic carbocycles. The molecule has 0 spiro atoms. The Kier molecular flexibility index (Phi) is 11.3. The molecule has 3 rings (SSSR count). The molecule has 0 bridgehead atoms. The van der Waals surface area contributed by atoms with Crippen LogP contribution in [0, 0.1) is 0 Å². The van der Waals surface area contributed by atoms with Crippen LogP contribution < -0.4 is 27.1 Å². The molecule has 200 valence electrons. The minimum atomic E-state index is -0.226. The predicted molar refractivity (Wildman–Crippen MR) is 149 cm³/mol. The molecule has 0 amide bonds. The predicted octanol–water partition coefficient (Wildman–Crippen LogP) is 4.86. The van der Waals surface area contributed by atoms with Crippen LogP contribution in [0.3, 0.4) is 0 Å². The van der Waals surface area contributed by atoms with Crippen molar-refractivity contribution in [3.63, 3.8) is 0 Å². The summed E-state index contributed by atoms with van der Waals surface area (Å²) in [6.45, 7) is 1.77. The van der Waals surface area contributed by atoms with Gasteiger partial charge in [-0.3, -0.25) is 4.79 Å². The van der Waals surface area contributed by atoms with Crippen LogP contribution in [0.4, 0.5) is 0 Å². The monoisotopic (exact) mass is 508 g/mol. The number of phenols is 1. The largest absolute Gasteiger partial charge is 0.504 e. The third-order valence-corrected chi connectivity index (χ3v) is 6.20. The molecule has 8 nitrogen and oxygen atoms in total. The first-order chi connectivity index (χ1) is 18.0. The summed E-state index contributed by atoms with van der Waals surface area (Å²) >= 11 is 0. The SMILES string of the molecule is CNCCCCCCCCCCN(N)/C=C(\N)COc1c(O)ccc2c(=O)cc(-c3ccccc3)oc12. The molecular formula is C29H40N4O4. The molecule has 0 aliphatic rings. The lowest BCUT2D eigenvalue weighted by Crippen LogP contribution is -2.28. The standard InChI is InChI=1S/C29H40N4O4/c1-32-17-11-6-4-2-3-5-7-12-18-33(31)20-23(30)21-36-29-25(34)16-15-24-26(35)19-27(37-28(24)29)22-13-9-8-10-14-22/h8-10,13-16,19-20,32,34H,2-7,11-12,17-18,21,30-31H2,1H3/b23-20-. The van der Waals surface area contributed by atoms with Gasteiger partial charge in [-0.25, -0.2) is 5.84 Å². The Hall–Kier alpha value is -3.49. The van der Waals surface area contributed by atoms with Gasteiger partial charge in [0.15, 0.2) is 16.8 Å². The van der Waals surface area contributed by atoms with Crippen LogP contribution in [0.1, 0.15) is 51.4 Å². The highest BCUT2D eigenvalue weighted by Crippen LogP contribution is 2.35. The first-order valence-electron chi connectivity index (χ1n) is 13.1. The first kappa shape index (κ1) is 28.1. The van der Waals surface area contributed by atoms with E-state index in [2.05, 4.69) is 5.32 Å². The Morgan fingerprint density at radius 2 is 1.70 bits per heavy atom. The van der Waals surface area contributed by atoms with Crippen LogP contribution in [-0.2, 0) is 0 Å². The summed E-state index contributed by atoms with van der Waals surface area (Å²) in [7, 11) is 1.99. The number of rotatable bonds is 16. The Bertz CT molecular complexity index is 1190. The minimum absolute atomic E-state index is 0.0206. The highest BCUT2D eigenvalue weighted by molar-refractivity contribution is 5.86. The number of phenolic OH excluding ortho intramolecular Hbond substituents is 1. The molecule has 6 N–H and O–H groups in total. The Morgan fingerprint density at radius 3 is 2.41 bits per heavy atom. The molecule has 0 atom stereocenters. The maximum atomic E-state index is 12.7. The van der Waals surface area contributed by atoms with Crippen molar-refractivity contribution in [2.45, 2.75) is 51.4 Å². The van der Waals surface area contributed by atoms with Crippen molar-refractivity contribution in [1.82, 2.24) is 10.3 Å². The van der Waals surface area contributed by atoms with Gasteiger partial charge in [0.2, 0.25) is 5.75 Å². The first-order valence-corrected chi connectivity index (χ1v) is 13.1. The summed E-state index contributed by atoms with van der Waals surface area (Å²) in [6, 6.07) is 13.6. The van der Waals surface area contributed by atoms with E-state index in [0.29, 0.717) is 23.4 Å². The number of fused-ring (bicyclic) bond motifs is 1. The van der Waals surface area contributed by atoms with Crippen molar-refractivity contribution in [1.29, 1.82) is 0 Å². The summed E-state index contributed by atoms with van der Waals surface area (Å²) in [6.07, 6.45) is 11.3. The molecule has 0 saturated carbocycles. The highest BCUT2D eigenvalue weighted by Gasteiger charge is 2.16. The van der Waals surface area contributed by atoms with E-state index in [9.17, 15) is 9.90 Å². The number of hydrogen-bond donors (Lipinski definition) is 4. The van der Waals surface area contributed by atoms with Crippen LogP contribution in [0.5, 0.6) is 11.5 Å². The van der Waals surface area contributed by atoms with Gasteiger partial charge in [0.25, 0.3) is 0 Å². The molecule has 1 aromatic heterocycles. The normalized spacial score (nSPS) is 11.7. The fourth-order valence-electron chi connectivity index (χ4n) is 4.20. The van der Waals surface area contributed by atoms with Crippen molar-refractivity contribution < 1.29 is 14.3 Å². The molecule has 3 aromatic rings. The fraction of sp³-hybridized carbons (Fsp3) is 0.414. The lowest BCUT2D eigenvalue weighted by atomic mass is 10.1. The number of aromatic hydroxyl groups is 1. The Labute approximate surface area is 218 Å². The number of hydrogen-bond acceptors (Lipinski definition) is 8. The lowest BCUT2D eigenvalue weighted by molar-refractivity contribution is 0.316. The molecule has 8 heteroatoms. The van der Waals surface area contributed by atoms with Gasteiger partial charge in [0.1, 0.15) is 12.4 Å². The maximum absolute atomic E-state index is 12.7. The van der Waals surface area contributed by atoms with Gasteiger partial charge in [0, 0.05) is 24.4 Å². The number of nitrogens with two attached hydrogens (primary N) is 2. The zero-order chi connectivity index (χ0) is 26.5. The molecule has 0 unspecified atom stereocenters. The van der Waals surface area contributed by atoms with Gasteiger partial charge in [-0.05, 0) is 38.6 Å². The zero-order valence-corrected chi connectivity index (χ0v) is 21.7. The van der Waals surface area contributed by atoms with Crippen molar-refractivity contribution >= 4 is 11.0 Å². The summed E-state index contributed by atoms with van der Waals surface area (Å²) < 4.78 is 11.8. The lowest BCUT2D eigenvalue weighted by Gasteiger charge is -2.16. The van der Waals surface area contributed by atoms with E-state index in [4.69, 9.17) is 20.7 Å². The van der Waals surface area contributed by atoms with Gasteiger partial charge >= 0.3 is 0 Å². The third-order valence-electron chi connectivity index (χ3n) is 6.20. The molecule has 0 aliphatic carbocycles. The maximum Gasteiger partial charge on any atom is 0.205 e. The average molecular weight is 509 g/mol. The van der Waals surface area contributed by atoms with Crippen LogP contribution in [0.25, 0.3) is 22.3 Å². The number of hydrazine groups is 1. The smallest absolute Gasteiger partial charge is 0.205 e. The molecule has 0 radical (unpaired) electrons. The highest BCUT2D eigenvalue weighted by atomic mass is 16.5. The van der Waals surface area contributed by atoms with Crippen LogP contribution >= 0.6 is 0 Å². The quantitative estimate of drug-likeness (QED) is 0.123. The number of ether oxygens (including phenoxy) is 1. The van der Waals surface area contributed by atoms with Crippen molar-refractivity contribution in [2.24, 2.45) is 11.6 Å². The van der Waals surface area contributed by atoms with Crippen LogP contribution in [-0.4, -0.2) is 36.9 Å². The number of nitrogens with one attached hydrogen (secondary N) is 1. The molecule has 0 aliphatic heterocycles. The van der Waals surface area contributed by atoms with Gasteiger partial charge < -0.3 is 30.3 Å². The average Bonchev–Trinajstić information content (AvgIpc) is 2.89. The van der Waals surface area contributed by atoms with Gasteiger partial charge in [-0.1, -0.05) is 68.9 Å². The van der Waals surface area contributed by atoms with Crippen LogP contribution in [0.2, 0.25) is 0 Å². The summed E-state index contributed by atoms with van der Waals surface area (Å²) in [5.41, 5.74) is 7.21. The number of benzene rings is 2. The molecule has 0 saturated heterocycles. The van der Waals surface area contributed by atoms with E-state index in [1.165, 1.54) is 56.7 Å². The molecule has 0 fully saturated rings. The topological polar surface area (TPSA) is 127 Å². The van der Waals surface area contributed by atoms with E-state index < -0.39 is 0 Å². The minimum Gasteiger partial charge on any atom is -0.504 e. The summed E-state index contributed by atoms with van der Waals surface area (Å²) in [4.78, 5) is 12.7. The summed E-state index contributed by atoms with van der Waals surface area (Å²) in [5.74, 6) is 6.40. The Balaban J connectivity index is 1.52. The van der Waals surface area contributed by atoms with E-state index >= 15 is 0 Å². The van der Waals surface area contributed by atoms with Crippen molar-refractivity contribution in [2.75, 3.05) is 26.7 Å². The fourth-order valence-corrected chi connectivity index (χ4v) is 4.20. The van der Waals surface area contributed by atoms with Gasteiger partial charge in [-0.15, -0.1) is 0 Å². The molecule has 37 heavy (non-hydrogen) atoms. The Morgan fingerprint density at radius 1 is 1.03 bits per heavy atom. The van der Waals surface area contributed by atoms with Crippen LogP contribution in [0.15, 0.2) is 69.6 Å². The second-order valence-electron chi connectivity index (χ2n) is 9.29. The van der Waals surface area contributed by atoms with E-state index in [0.717, 1.165) is 24.9 Å². The van der Waals surface area contributed by atoms with Crippen molar-refractivity contribution in [3.8, 4) is 22.8 Å². The molecule has 1 heterocycles. The third kappa shape index (κ3) is 8.84. The second kappa shape index (κ2) is 14.9. The van der Waals surface area contributed by atoms with E-state index in [1.54, 1.807) is 11.2 Å². The molecular weight excluding hydrogens is 468 g/mol. The van der Waals surface area contributed by atoms with Gasteiger partial charge in [0.05, 0.1) is 11.1 Å². The van der Waals surface area contributed by atoms with Crippen molar-refractivity contribution in [3.05, 3.63) is 70.7 Å². The number of unbranched alkanes of at least 4 members (excludes halogenated alkanes) is 7. The second-order valence-corrected chi connectivity index (χ2v) is 9.29.